The number of hydrogen-bond donors (Lipinski definition) is 2. The number of nitrogens with one attached hydrogen (secondary N) is 1. The molecule has 0 aromatic carbocycles. The minimum atomic E-state index is 0.329. The van der Waals surface area contributed by atoms with Crippen LogP contribution in [0.5, 0.6) is 5.88 Å². The summed E-state index contributed by atoms with van der Waals surface area (Å²) in [5, 5.41) is 0. The highest BCUT2D eigenvalue weighted by atomic mass is 16.5. The van der Waals surface area contributed by atoms with E-state index >= 15 is 0 Å². The largest absolute Gasteiger partial charge is 0.476 e. The lowest BCUT2D eigenvalue weighted by Crippen LogP contribution is -2.40. The maximum absolute atomic E-state index is 5.80. The first-order chi connectivity index (χ1) is 9.72. The Morgan fingerprint density at radius 3 is 3.00 bits per heavy atom. The monoisotopic (exact) mass is 281 g/mol. The van der Waals surface area contributed by atoms with E-state index < -0.39 is 0 Å². The van der Waals surface area contributed by atoms with E-state index in [9.17, 15) is 0 Å². The fraction of sp³-hybridized carbons (Fsp3) is 0.692. The summed E-state index contributed by atoms with van der Waals surface area (Å²) in [5.74, 6) is 7.00. The zero-order chi connectivity index (χ0) is 14.4. The van der Waals surface area contributed by atoms with Crippen LogP contribution >= 0.6 is 0 Å². The summed E-state index contributed by atoms with van der Waals surface area (Å²) < 4.78 is 10.8. The Hall–Kier alpha value is -1.44. The summed E-state index contributed by atoms with van der Waals surface area (Å²) in [7, 11) is 3.74. The first-order valence-corrected chi connectivity index (χ1v) is 6.89. The molecule has 2 rings (SSSR count). The zero-order valence-electron chi connectivity index (χ0n) is 12.1. The molecular weight excluding hydrogens is 258 g/mol. The number of hydrazine groups is 1. The van der Waals surface area contributed by atoms with Gasteiger partial charge in [0.05, 0.1) is 0 Å². The number of aromatic nitrogens is 2. The van der Waals surface area contributed by atoms with Crippen molar-refractivity contribution in [3.63, 3.8) is 0 Å². The predicted octanol–water partition coefficient (Wildman–Crippen LogP) is 0.772. The Bertz CT molecular complexity index is 429. The van der Waals surface area contributed by atoms with Gasteiger partial charge in [-0.2, -0.15) is 4.98 Å². The van der Waals surface area contributed by atoms with Crippen molar-refractivity contribution in [2.45, 2.75) is 31.9 Å². The van der Waals surface area contributed by atoms with Crippen molar-refractivity contribution in [2.75, 3.05) is 32.7 Å². The second-order valence-electron chi connectivity index (χ2n) is 5.03. The van der Waals surface area contributed by atoms with Gasteiger partial charge in [0, 0.05) is 19.2 Å². The number of methoxy groups -OCH3 is 1. The molecule has 1 unspecified atom stereocenters. The normalized spacial score (nSPS) is 19.9. The number of anilines is 1. The third-order valence-corrected chi connectivity index (χ3v) is 3.52. The van der Waals surface area contributed by atoms with Crippen LogP contribution in [0.2, 0.25) is 0 Å². The third kappa shape index (κ3) is 4.03. The molecule has 20 heavy (non-hydrogen) atoms. The molecule has 2 heterocycles. The van der Waals surface area contributed by atoms with Crippen LogP contribution in [0, 0.1) is 0 Å². The van der Waals surface area contributed by atoms with E-state index in [0.717, 1.165) is 13.0 Å². The van der Waals surface area contributed by atoms with E-state index in [1.807, 2.05) is 0 Å². The van der Waals surface area contributed by atoms with Crippen molar-refractivity contribution in [3.05, 3.63) is 11.9 Å². The van der Waals surface area contributed by atoms with E-state index in [1.165, 1.54) is 12.8 Å². The van der Waals surface area contributed by atoms with Crippen LogP contribution in [-0.2, 0) is 11.3 Å². The SMILES string of the molecule is COCc1nc(NN)cc(OCC2CCCCN2C)n1. The van der Waals surface area contributed by atoms with Crippen molar-refractivity contribution in [3.8, 4) is 5.88 Å². The van der Waals surface area contributed by atoms with Crippen molar-refractivity contribution >= 4 is 5.82 Å². The van der Waals surface area contributed by atoms with Gasteiger partial charge in [0.2, 0.25) is 5.88 Å². The molecule has 7 heteroatoms. The van der Waals surface area contributed by atoms with Crippen LogP contribution in [0.1, 0.15) is 25.1 Å². The second-order valence-corrected chi connectivity index (χ2v) is 5.03. The maximum Gasteiger partial charge on any atom is 0.218 e. The average molecular weight is 281 g/mol. The second kappa shape index (κ2) is 7.37. The number of nitrogens with two attached hydrogens (primary N) is 1. The van der Waals surface area contributed by atoms with Gasteiger partial charge >= 0.3 is 0 Å². The highest BCUT2D eigenvalue weighted by Crippen LogP contribution is 2.18. The Morgan fingerprint density at radius 2 is 2.30 bits per heavy atom. The van der Waals surface area contributed by atoms with Gasteiger partial charge in [-0.25, -0.2) is 10.8 Å². The lowest BCUT2D eigenvalue weighted by molar-refractivity contribution is 0.121. The minimum absolute atomic E-state index is 0.329. The highest BCUT2D eigenvalue weighted by Gasteiger charge is 2.19. The number of rotatable bonds is 6. The molecule has 112 valence electrons. The van der Waals surface area contributed by atoms with Gasteiger partial charge in [-0.3, -0.25) is 0 Å². The number of likely N-dealkylation sites (N-methyl/N-ethyl adjacent to an activating group) is 1. The molecule has 0 amide bonds. The van der Waals surface area contributed by atoms with E-state index in [-0.39, 0.29) is 0 Å². The molecule has 0 bridgehead atoms. The van der Waals surface area contributed by atoms with Crippen LogP contribution < -0.4 is 16.0 Å². The molecule has 1 aromatic heterocycles. The third-order valence-electron chi connectivity index (χ3n) is 3.52. The van der Waals surface area contributed by atoms with Crippen molar-refractivity contribution < 1.29 is 9.47 Å². The summed E-state index contributed by atoms with van der Waals surface area (Å²) in [6, 6.07) is 2.14. The summed E-state index contributed by atoms with van der Waals surface area (Å²) in [6.45, 7) is 2.08. The average Bonchev–Trinajstić information content (AvgIpc) is 2.46. The number of nitrogens with zero attached hydrogens (tertiary/aromatic N) is 3. The van der Waals surface area contributed by atoms with E-state index in [4.69, 9.17) is 15.3 Å². The van der Waals surface area contributed by atoms with Crippen LogP contribution in [0.4, 0.5) is 5.82 Å². The molecular formula is C13H23N5O2. The van der Waals surface area contributed by atoms with Gasteiger partial charge in [-0.15, -0.1) is 0 Å². The summed E-state index contributed by atoms with van der Waals surface area (Å²) >= 11 is 0. The first-order valence-electron chi connectivity index (χ1n) is 6.89. The van der Waals surface area contributed by atoms with Gasteiger partial charge in [-0.1, -0.05) is 6.42 Å². The standard InChI is InChI=1S/C13H23N5O2/c1-18-6-4-3-5-10(18)8-20-13-7-11(17-14)15-12(16-13)9-19-2/h7,10H,3-6,8-9,14H2,1-2H3,(H,15,16,17). The fourth-order valence-electron chi connectivity index (χ4n) is 2.35. The maximum atomic E-state index is 5.80. The van der Waals surface area contributed by atoms with Crippen LogP contribution in [-0.4, -0.2) is 48.2 Å². The van der Waals surface area contributed by atoms with Crippen molar-refractivity contribution in [2.24, 2.45) is 5.84 Å². The van der Waals surface area contributed by atoms with E-state index in [2.05, 4.69) is 27.3 Å². The Morgan fingerprint density at radius 1 is 1.45 bits per heavy atom. The molecule has 1 aromatic rings. The van der Waals surface area contributed by atoms with Gasteiger partial charge < -0.3 is 19.8 Å². The summed E-state index contributed by atoms with van der Waals surface area (Å²) in [5.41, 5.74) is 2.52. The Kier molecular flexibility index (Phi) is 5.51. The van der Waals surface area contributed by atoms with Crippen molar-refractivity contribution in [1.29, 1.82) is 0 Å². The number of nitrogen functional groups attached to an aromatic ring is 1. The summed E-state index contributed by atoms with van der Waals surface area (Å²) in [6.07, 6.45) is 3.68. The van der Waals surface area contributed by atoms with Crippen molar-refractivity contribution in [1.82, 2.24) is 14.9 Å². The van der Waals surface area contributed by atoms with Crippen LogP contribution in [0.15, 0.2) is 6.07 Å². The molecule has 0 saturated carbocycles. The molecule has 1 aliphatic rings. The van der Waals surface area contributed by atoms with Gasteiger partial charge in [0.25, 0.3) is 0 Å². The zero-order valence-corrected chi connectivity index (χ0v) is 12.1. The Balaban J connectivity index is 1.98. The number of likely N-dealkylation sites (tertiary alicyclic amines) is 1. The molecule has 1 aliphatic heterocycles. The lowest BCUT2D eigenvalue weighted by Gasteiger charge is -2.31. The first kappa shape index (κ1) is 15.0. The molecule has 7 nitrogen and oxygen atoms in total. The highest BCUT2D eigenvalue weighted by molar-refractivity contribution is 5.36. The van der Waals surface area contributed by atoms with Crippen LogP contribution in [0.25, 0.3) is 0 Å². The predicted molar refractivity (Wildman–Crippen MR) is 76.3 cm³/mol. The smallest absolute Gasteiger partial charge is 0.218 e. The quantitative estimate of drug-likeness (QED) is 0.588. The molecule has 1 atom stereocenters. The molecule has 0 radical (unpaired) electrons. The molecule has 0 spiro atoms. The number of hydrogen-bond acceptors (Lipinski definition) is 7. The molecule has 0 aliphatic carbocycles. The van der Waals surface area contributed by atoms with Gasteiger partial charge in [0.1, 0.15) is 19.0 Å². The van der Waals surface area contributed by atoms with Crippen LogP contribution in [0.3, 0.4) is 0 Å². The molecule has 3 N–H and O–H groups in total. The number of piperidine rings is 1. The van der Waals surface area contributed by atoms with E-state index in [0.29, 0.717) is 36.8 Å². The molecule has 1 fully saturated rings. The fourth-order valence-corrected chi connectivity index (χ4v) is 2.35. The minimum Gasteiger partial charge on any atom is -0.476 e. The summed E-state index contributed by atoms with van der Waals surface area (Å²) in [4.78, 5) is 10.8. The van der Waals surface area contributed by atoms with Gasteiger partial charge in [0.15, 0.2) is 5.82 Å². The molecule has 1 saturated heterocycles. The number of ether oxygens (including phenoxy) is 2. The lowest BCUT2D eigenvalue weighted by atomic mass is 10.0. The van der Waals surface area contributed by atoms with E-state index in [1.54, 1.807) is 13.2 Å². The topological polar surface area (TPSA) is 85.5 Å². The Labute approximate surface area is 119 Å². The van der Waals surface area contributed by atoms with Gasteiger partial charge in [-0.05, 0) is 26.4 Å².